The molecule has 0 bridgehead atoms. The molecule has 9 rings (SSSR count). The zero-order valence-corrected chi connectivity index (χ0v) is 30.2. The van der Waals surface area contributed by atoms with Crippen molar-refractivity contribution < 1.29 is 0 Å². The standard InChI is InChI=1S/C51H45N/c1-51(2)49-21-13-12-20-46(49)47-33-31-44(35-50(47)51)52(42-27-22-38(23-28-42)36-14-6-3-7-15-36)43-29-24-40(25-30-43)45-32-26-41(37-16-8-4-9-17-37)34-48(45)39-18-10-5-11-19-39/h4-5,8-13,16-36H,3,6-7,14-15H2,1-2H3. The zero-order chi connectivity index (χ0) is 35.1. The molecule has 7 aromatic rings. The molecular formula is C51H45N. The lowest BCUT2D eigenvalue weighted by atomic mass is 9.82. The molecule has 0 N–H and O–H groups in total. The molecule has 0 spiro atoms. The molecule has 0 aromatic heterocycles. The first-order valence-electron chi connectivity index (χ1n) is 19.0. The van der Waals surface area contributed by atoms with Crippen LogP contribution in [-0.4, -0.2) is 0 Å². The Balaban J connectivity index is 1.13. The van der Waals surface area contributed by atoms with E-state index in [-0.39, 0.29) is 5.41 Å². The van der Waals surface area contributed by atoms with Crippen molar-refractivity contribution in [3.05, 3.63) is 187 Å². The van der Waals surface area contributed by atoms with E-state index in [2.05, 4.69) is 189 Å². The van der Waals surface area contributed by atoms with Crippen molar-refractivity contribution in [3.8, 4) is 44.5 Å². The third-order valence-electron chi connectivity index (χ3n) is 11.7. The molecule has 0 atom stereocenters. The second-order valence-electron chi connectivity index (χ2n) is 15.2. The second-order valence-corrected chi connectivity index (χ2v) is 15.2. The summed E-state index contributed by atoms with van der Waals surface area (Å²) in [6, 6.07) is 63.1. The Hall–Kier alpha value is -5.66. The third kappa shape index (κ3) is 5.85. The van der Waals surface area contributed by atoms with Crippen molar-refractivity contribution in [1.29, 1.82) is 0 Å². The van der Waals surface area contributed by atoms with Gasteiger partial charge in [-0.3, -0.25) is 0 Å². The SMILES string of the molecule is CC1(C)c2ccccc2-c2ccc(N(c3ccc(-c4ccc(-c5ccccc5)cc4-c4ccccc4)cc3)c3ccc(C4CCCCC4)cc3)cc21. The molecule has 0 radical (unpaired) electrons. The van der Waals surface area contributed by atoms with Crippen LogP contribution >= 0.6 is 0 Å². The Morgan fingerprint density at radius 1 is 0.404 bits per heavy atom. The van der Waals surface area contributed by atoms with Gasteiger partial charge in [-0.2, -0.15) is 0 Å². The van der Waals surface area contributed by atoms with Gasteiger partial charge in [-0.05, 0) is 122 Å². The van der Waals surface area contributed by atoms with Gasteiger partial charge in [-0.15, -0.1) is 0 Å². The number of hydrogen-bond acceptors (Lipinski definition) is 1. The smallest absolute Gasteiger partial charge is 0.0465 e. The van der Waals surface area contributed by atoms with Crippen LogP contribution in [0.15, 0.2) is 170 Å². The number of benzene rings is 7. The van der Waals surface area contributed by atoms with Gasteiger partial charge in [0.1, 0.15) is 0 Å². The summed E-state index contributed by atoms with van der Waals surface area (Å²) in [4.78, 5) is 2.45. The van der Waals surface area contributed by atoms with Gasteiger partial charge in [-0.1, -0.05) is 161 Å². The molecule has 0 saturated heterocycles. The van der Waals surface area contributed by atoms with Crippen molar-refractivity contribution in [2.24, 2.45) is 0 Å². The Morgan fingerprint density at radius 3 is 1.65 bits per heavy atom. The van der Waals surface area contributed by atoms with Gasteiger partial charge in [0.2, 0.25) is 0 Å². The largest absolute Gasteiger partial charge is 0.310 e. The lowest BCUT2D eigenvalue weighted by Gasteiger charge is -2.29. The highest BCUT2D eigenvalue weighted by Gasteiger charge is 2.35. The molecule has 1 fully saturated rings. The Bertz CT molecular complexity index is 2330. The summed E-state index contributed by atoms with van der Waals surface area (Å²) in [5, 5.41) is 0. The molecule has 0 unspecified atom stereocenters. The first-order chi connectivity index (χ1) is 25.5. The van der Waals surface area contributed by atoms with Gasteiger partial charge in [-0.25, -0.2) is 0 Å². The fourth-order valence-corrected chi connectivity index (χ4v) is 8.86. The normalized spacial score (nSPS) is 14.8. The van der Waals surface area contributed by atoms with Crippen LogP contribution in [0.5, 0.6) is 0 Å². The van der Waals surface area contributed by atoms with Crippen LogP contribution in [0.25, 0.3) is 44.5 Å². The van der Waals surface area contributed by atoms with Crippen molar-refractivity contribution in [3.63, 3.8) is 0 Å². The van der Waals surface area contributed by atoms with E-state index in [0.717, 1.165) is 5.69 Å². The summed E-state index contributed by atoms with van der Waals surface area (Å²) in [6.07, 6.45) is 6.68. The lowest BCUT2D eigenvalue weighted by molar-refractivity contribution is 0.443. The van der Waals surface area contributed by atoms with E-state index in [4.69, 9.17) is 0 Å². The van der Waals surface area contributed by atoms with Gasteiger partial charge < -0.3 is 4.90 Å². The van der Waals surface area contributed by atoms with Crippen LogP contribution in [0.3, 0.4) is 0 Å². The Morgan fingerprint density at radius 2 is 0.942 bits per heavy atom. The molecular weight excluding hydrogens is 627 g/mol. The topological polar surface area (TPSA) is 3.24 Å². The zero-order valence-electron chi connectivity index (χ0n) is 30.2. The molecule has 254 valence electrons. The first-order valence-corrected chi connectivity index (χ1v) is 19.0. The second kappa shape index (κ2) is 13.5. The van der Waals surface area contributed by atoms with E-state index in [1.54, 1.807) is 0 Å². The number of anilines is 3. The van der Waals surface area contributed by atoms with E-state index in [9.17, 15) is 0 Å². The van der Waals surface area contributed by atoms with Crippen molar-refractivity contribution >= 4 is 17.1 Å². The minimum Gasteiger partial charge on any atom is -0.310 e. The van der Waals surface area contributed by atoms with Gasteiger partial charge in [0, 0.05) is 22.5 Å². The summed E-state index contributed by atoms with van der Waals surface area (Å²) in [5.74, 6) is 0.682. The maximum Gasteiger partial charge on any atom is 0.0465 e. The maximum atomic E-state index is 2.45. The Labute approximate surface area is 309 Å². The molecule has 1 heteroatoms. The van der Waals surface area contributed by atoms with Gasteiger partial charge in [0.05, 0.1) is 0 Å². The number of fused-ring (bicyclic) bond motifs is 3. The highest BCUT2D eigenvalue weighted by atomic mass is 15.1. The van der Waals surface area contributed by atoms with Crippen molar-refractivity contribution in [1.82, 2.24) is 0 Å². The van der Waals surface area contributed by atoms with E-state index < -0.39 is 0 Å². The van der Waals surface area contributed by atoms with Crippen LogP contribution in [0.4, 0.5) is 17.1 Å². The predicted octanol–water partition coefficient (Wildman–Crippen LogP) is 14.5. The van der Waals surface area contributed by atoms with Crippen molar-refractivity contribution in [2.75, 3.05) is 4.90 Å². The third-order valence-corrected chi connectivity index (χ3v) is 11.7. The van der Waals surface area contributed by atoms with Gasteiger partial charge in [0.15, 0.2) is 0 Å². The number of rotatable bonds is 7. The van der Waals surface area contributed by atoms with Crippen LogP contribution in [0, 0.1) is 0 Å². The lowest BCUT2D eigenvalue weighted by Crippen LogP contribution is -2.16. The van der Waals surface area contributed by atoms with E-state index >= 15 is 0 Å². The van der Waals surface area contributed by atoms with Crippen LogP contribution in [-0.2, 0) is 5.41 Å². The summed E-state index contributed by atoms with van der Waals surface area (Å²) < 4.78 is 0. The molecule has 52 heavy (non-hydrogen) atoms. The highest BCUT2D eigenvalue weighted by Crippen LogP contribution is 2.51. The predicted molar refractivity (Wildman–Crippen MR) is 221 cm³/mol. The minimum atomic E-state index is -0.0674. The quantitative estimate of drug-likeness (QED) is 0.163. The molecule has 0 amide bonds. The fraction of sp³-hybridized carbons (Fsp3) is 0.176. The molecule has 7 aromatic carbocycles. The molecule has 1 nitrogen and oxygen atoms in total. The van der Waals surface area contributed by atoms with Crippen LogP contribution in [0.1, 0.15) is 68.6 Å². The average molecular weight is 672 g/mol. The minimum absolute atomic E-state index is 0.0674. The average Bonchev–Trinajstić information content (AvgIpc) is 3.45. The van der Waals surface area contributed by atoms with Gasteiger partial charge >= 0.3 is 0 Å². The summed E-state index contributed by atoms with van der Waals surface area (Å²) in [6.45, 7) is 4.74. The Kier molecular flexibility index (Phi) is 8.36. The van der Waals surface area contributed by atoms with Gasteiger partial charge in [0.25, 0.3) is 0 Å². The molecule has 0 aliphatic heterocycles. The maximum absolute atomic E-state index is 2.45. The van der Waals surface area contributed by atoms with Crippen molar-refractivity contribution in [2.45, 2.75) is 57.3 Å². The van der Waals surface area contributed by atoms with Crippen LogP contribution < -0.4 is 4.90 Å². The highest BCUT2D eigenvalue weighted by molar-refractivity contribution is 5.89. The summed E-state index contributed by atoms with van der Waals surface area (Å²) >= 11 is 0. The molecule has 2 aliphatic rings. The van der Waals surface area contributed by atoms with E-state index in [1.165, 1.54) is 105 Å². The number of hydrogen-bond donors (Lipinski definition) is 0. The molecule has 2 aliphatic carbocycles. The monoisotopic (exact) mass is 671 g/mol. The number of nitrogens with zero attached hydrogens (tertiary/aromatic N) is 1. The molecule has 0 heterocycles. The first kappa shape index (κ1) is 32.3. The molecule has 1 saturated carbocycles. The van der Waals surface area contributed by atoms with E-state index in [1.807, 2.05) is 0 Å². The fourth-order valence-electron chi connectivity index (χ4n) is 8.86. The van der Waals surface area contributed by atoms with E-state index in [0.29, 0.717) is 5.92 Å². The van der Waals surface area contributed by atoms with Crippen LogP contribution in [0.2, 0.25) is 0 Å². The summed E-state index contributed by atoms with van der Waals surface area (Å²) in [7, 11) is 0. The summed E-state index contributed by atoms with van der Waals surface area (Å²) in [5.41, 5.74) is 17.8.